The number of halogens is 1. The van der Waals surface area contributed by atoms with Gasteiger partial charge in [-0.05, 0) is 29.8 Å². The lowest BCUT2D eigenvalue weighted by atomic mass is 10.1. The zero-order chi connectivity index (χ0) is 16.1. The van der Waals surface area contributed by atoms with E-state index in [0.717, 1.165) is 17.7 Å². The average molecular weight is 303 g/mol. The standard InChI is InChI=1S/C15H14FN3O3/c1-17-15(20)11-4-2-10(3-5-11)9-18-13-7-6-12(16)8-14(13)19(21)22/h2-8,18H,9H2,1H3,(H,17,20). The number of benzene rings is 2. The van der Waals surface area contributed by atoms with E-state index in [2.05, 4.69) is 10.6 Å². The molecule has 0 saturated heterocycles. The number of nitro groups is 1. The molecule has 0 unspecified atom stereocenters. The maximum absolute atomic E-state index is 13.1. The smallest absolute Gasteiger partial charge is 0.295 e. The largest absolute Gasteiger partial charge is 0.375 e. The number of rotatable bonds is 5. The Morgan fingerprint density at radius 1 is 1.23 bits per heavy atom. The number of carbonyl (C=O) groups excluding carboxylic acids is 1. The van der Waals surface area contributed by atoms with Gasteiger partial charge < -0.3 is 10.6 Å². The molecule has 0 aromatic heterocycles. The highest BCUT2D eigenvalue weighted by Crippen LogP contribution is 2.25. The zero-order valence-corrected chi connectivity index (χ0v) is 11.8. The molecule has 0 radical (unpaired) electrons. The van der Waals surface area contributed by atoms with Gasteiger partial charge in [-0.1, -0.05) is 12.1 Å². The van der Waals surface area contributed by atoms with Crippen LogP contribution in [0.15, 0.2) is 42.5 Å². The van der Waals surface area contributed by atoms with E-state index in [-0.39, 0.29) is 17.3 Å². The third-order valence-corrected chi connectivity index (χ3v) is 3.08. The van der Waals surface area contributed by atoms with Crippen molar-refractivity contribution in [1.82, 2.24) is 5.32 Å². The van der Waals surface area contributed by atoms with E-state index in [1.807, 2.05) is 0 Å². The summed E-state index contributed by atoms with van der Waals surface area (Å²) in [5.74, 6) is -0.846. The van der Waals surface area contributed by atoms with Crippen LogP contribution in [-0.4, -0.2) is 17.9 Å². The summed E-state index contributed by atoms with van der Waals surface area (Å²) in [6.07, 6.45) is 0. The molecule has 7 heteroatoms. The Morgan fingerprint density at radius 3 is 2.50 bits per heavy atom. The Hall–Kier alpha value is -2.96. The van der Waals surface area contributed by atoms with E-state index < -0.39 is 10.7 Å². The Labute approximate surface area is 126 Å². The SMILES string of the molecule is CNC(=O)c1ccc(CNc2ccc(F)cc2[N+](=O)[O-])cc1. The summed E-state index contributed by atoms with van der Waals surface area (Å²) < 4.78 is 13.1. The Kier molecular flexibility index (Phi) is 4.67. The van der Waals surface area contributed by atoms with Gasteiger partial charge in [-0.3, -0.25) is 14.9 Å². The van der Waals surface area contributed by atoms with Crippen molar-refractivity contribution >= 4 is 17.3 Å². The Bertz CT molecular complexity index is 702. The molecule has 22 heavy (non-hydrogen) atoms. The molecule has 114 valence electrons. The first kappa shape index (κ1) is 15.4. The van der Waals surface area contributed by atoms with E-state index >= 15 is 0 Å². The quantitative estimate of drug-likeness (QED) is 0.657. The summed E-state index contributed by atoms with van der Waals surface area (Å²) in [5.41, 5.74) is 1.29. The minimum Gasteiger partial charge on any atom is -0.375 e. The van der Waals surface area contributed by atoms with Gasteiger partial charge in [0.2, 0.25) is 0 Å². The fourth-order valence-corrected chi connectivity index (χ4v) is 1.92. The summed E-state index contributed by atoms with van der Waals surface area (Å²) in [6.45, 7) is 0.320. The molecule has 0 heterocycles. The molecule has 6 nitrogen and oxygen atoms in total. The van der Waals surface area contributed by atoms with Crippen molar-refractivity contribution in [3.05, 3.63) is 69.5 Å². The predicted molar refractivity (Wildman–Crippen MR) is 80.2 cm³/mol. The summed E-state index contributed by atoms with van der Waals surface area (Å²) in [5, 5.41) is 16.3. The van der Waals surface area contributed by atoms with Crippen LogP contribution in [0.25, 0.3) is 0 Å². The molecule has 0 fully saturated rings. The van der Waals surface area contributed by atoms with Gasteiger partial charge in [-0.25, -0.2) is 4.39 Å². The Morgan fingerprint density at radius 2 is 1.91 bits per heavy atom. The van der Waals surface area contributed by atoms with Gasteiger partial charge in [0.1, 0.15) is 11.5 Å². The molecular weight excluding hydrogens is 289 g/mol. The van der Waals surface area contributed by atoms with Crippen molar-refractivity contribution in [3.8, 4) is 0 Å². The number of anilines is 1. The number of hydrogen-bond donors (Lipinski definition) is 2. The number of carbonyl (C=O) groups is 1. The van der Waals surface area contributed by atoms with Crippen LogP contribution in [0.4, 0.5) is 15.8 Å². The highest BCUT2D eigenvalue weighted by atomic mass is 19.1. The van der Waals surface area contributed by atoms with Crippen LogP contribution in [0.5, 0.6) is 0 Å². The van der Waals surface area contributed by atoms with E-state index in [4.69, 9.17) is 0 Å². The van der Waals surface area contributed by atoms with Crippen LogP contribution >= 0.6 is 0 Å². The number of hydrogen-bond acceptors (Lipinski definition) is 4. The van der Waals surface area contributed by atoms with Gasteiger partial charge in [0.05, 0.1) is 11.0 Å². The average Bonchev–Trinajstić information content (AvgIpc) is 2.53. The van der Waals surface area contributed by atoms with Crippen LogP contribution in [0.2, 0.25) is 0 Å². The van der Waals surface area contributed by atoms with Crippen molar-refractivity contribution in [1.29, 1.82) is 0 Å². The zero-order valence-electron chi connectivity index (χ0n) is 11.8. The Balaban J connectivity index is 2.10. The minimum atomic E-state index is -0.660. The van der Waals surface area contributed by atoms with Crippen molar-refractivity contribution in [2.24, 2.45) is 0 Å². The second-order valence-electron chi connectivity index (χ2n) is 4.55. The molecule has 2 N–H and O–H groups in total. The fraction of sp³-hybridized carbons (Fsp3) is 0.133. The van der Waals surface area contributed by atoms with Gasteiger partial charge in [0.25, 0.3) is 11.6 Å². The maximum atomic E-state index is 13.1. The van der Waals surface area contributed by atoms with E-state index in [1.54, 1.807) is 31.3 Å². The molecule has 0 aliphatic carbocycles. The molecule has 0 atom stereocenters. The molecule has 2 aromatic carbocycles. The van der Waals surface area contributed by atoms with E-state index in [9.17, 15) is 19.3 Å². The van der Waals surface area contributed by atoms with E-state index in [0.29, 0.717) is 12.1 Å². The van der Waals surface area contributed by atoms with Gasteiger partial charge in [0.15, 0.2) is 0 Å². The fourth-order valence-electron chi connectivity index (χ4n) is 1.92. The van der Waals surface area contributed by atoms with Crippen LogP contribution < -0.4 is 10.6 Å². The van der Waals surface area contributed by atoms with Gasteiger partial charge >= 0.3 is 0 Å². The van der Waals surface area contributed by atoms with Crippen LogP contribution in [0.1, 0.15) is 15.9 Å². The summed E-state index contributed by atoms with van der Waals surface area (Å²) in [7, 11) is 1.55. The second kappa shape index (κ2) is 6.66. The minimum absolute atomic E-state index is 0.186. The monoisotopic (exact) mass is 303 g/mol. The van der Waals surface area contributed by atoms with Gasteiger partial charge in [0, 0.05) is 19.2 Å². The summed E-state index contributed by atoms with van der Waals surface area (Å²) >= 11 is 0. The van der Waals surface area contributed by atoms with Gasteiger partial charge in [-0.2, -0.15) is 0 Å². The molecule has 0 aliphatic heterocycles. The molecule has 1 amide bonds. The van der Waals surface area contributed by atoms with Crippen LogP contribution in [-0.2, 0) is 6.54 Å². The molecule has 0 aliphatic rings. The molecule has 0 bridgehead atoms. The summed E-state index contributed by atoms with van der Waals surface area (Å²) in [6, 6.07) is 10.2. The third kappa shape index (κ3) is 3.57. The number of nitrogens with one attached hydrogen (secondary N) is 2. The molecule has 2 aromatic rings. The molecule has 2 rings (SSSR count). The summed E-state index contributed by atoms with van der Waals surface area (Å²) in [4.78, 5) is 21.7. The van der Waals surface area contributed by atoms with E-state index in [1.165, 1.54) is 6.07 Å². The highest BCUT2D eigenvalue weighted by Gasteiger charge is 2.14. The van der Waals surface area contributed by atoms with Crippen molar-refractivity contribution in [2.45, 2.75) is 6.54 Å². The van der Waals surface area contributed by atoms with Crippen molar-refractivity contribution in [2.75, 3.05) is 12.4 Å². The van der Waals surface area contributed by atoms with Crippen molar-refractivity contribution in [3.63, 3.8) is 0 Å². The van der Waals surface area contributed by atoms with Crippen LogP contribution in [0, 0.1) is 15.9 Å². The number of amides is 1. The molecular formula is C15H14FN3O3. The third-order valence-electron chi connectivity index (χ3n) is 3.08. The first-order valence-electron chi connectivity index (χ1n) is 6.50. The predicted octanol–water partition coefficient (Wildman–Crippen LogP) is 2.71. The lowest BCUT2D eigenvalue weighted by Crippen LogP contribution is -2.17. The van der Waals surface area contributed by atoms with Crippen LogP contribution in [0.3, 0.4) is 0 Å². The lowest BCUT2D eigenvalue weighted by Gasteiger charge is -2.08. The number of nitro benzene ring substituents is 1. The highest BCUT2D eigenvalue weighted by molar-refractivity contribution is 5.93. The lowest BCUT2D eigenvalue weighted by molar-refractivity contribution is -0.384. The van der Waals surface area contributed by atoms with Crippen molar-refractivity contribution < 1.29 is 14.1 Å². The maximum Gasteiger partial charge on any atom is 0.295 e. The topological polar surface area (TPSA) is 84.3 Å². The first-order valence-corrected chi connectivity index (χ1v) is 6.50. The molecule has 0 spiro atoms. The first-order chi connectivity index (χ1) is 10.5. The van der Waals surface area contributed by atoms with Gasteiger partial charge in [-0.15, -0.1) is 0 Å². The normalized spacial score (nSPS) is 10.1. The second-order valence-corrected chi connectivity index (χ2v) is 4.55. The molecule has 0 saturated carbocycles. The number of nitrogens with zero attached hydrogens (tertiary/aromatic N) is 1.